The van der Waals surface area contributed by atoms with Gasteiger partial charge in [-0.1, -0.05) is 56.6 Å². The van der Waals surface area contributed by atoms with Crippen LogP contribution in [0, 0.1) is 5.41 Å². The van der Waals surface area contributed by atoms with Crippen LogP contribution < -0.4 is 10.6 Å². The van der Waals surface area contributed by atoms with Crippen molar-refractivity contribution in [2.75, 3.05) is 5.32 Å². The number of carbonyl (C=O) groups excluding carboxylic acids is 2. The fraction of sp³-hybridized carbons (Fsp3) is 0.300. The van der Waals surface area contributed by atoms with Crippen molar-refractivity contribution in [1.82, 2.24) is 5.32 Å². The van der Waals surface area contributed by atoms with Crippen LogP contribution in [0.1, 0.15) is 49.7 Å². The van der Waals surface area contributed by atoms with Gasteiger partial charge in [-0.05, 0) is 36.8 Å². The lowest BCUT2D eigenvalue weighted by atomic mass is 9.95. The normalized spacial score (nSPS) is 12.4. The van der Waals surface area contributed by atoms with Gasteiger partial charge in [0.05, 0.1) is 6.04 Å². The first kappa shape index (κ1) is 19.0. The van der Waals surface area contributed by atoms with Gasteiger partial charge in [-0.15, -0.1) is 0 Å². The van der Waals surface area contributed by atoms with Gasteiger partial charge in [-0.25, -0.2) is 0 Å². The van der Waals surface area contributed by atoms with E-state index in [0.29, 0.717) is 16.3 Å². The Morgan fingerprint density at radius 3 is 2.36 bits per heavy atom. The van der Waals surface area contributed by atoms with Crippen LogP contribution in [-0.4, -0.2) is 11.8 Å². The number of hydrogen-bond donors (Lipinski definition) is 2. The van der Waals surface area contributed by atoms with Crippen molar-refractivity contribution >= 4 is 29.1 Å². The van der Waals surface area contributed by atoms with Gasteiger partial charge in [0.25, 0.3) is 5.91 Å². The fourth-order valence-corrected chi connectivity index (χ4v) is 2.54. The maximum atomic E-state index is 12.5. The van der Waals surface area contributed by atoms with E-state index in [4.69, 9.17) is 11.6 Å². The van der Waals surface area contributed by atoms with E-state index in [1.54, 1.807) is 30.3 Å². The van der Waals surface area contributed by atoms with Crippen LogP contribution in [0.2, 0.25) is 5.02 Å². The van der Waals surface area contributed by atoms with Crippen molar-refractivity contribution < 1.29 is 9.59 Å². The lowest BCUT2D eigenvalue weighted by Crippen LogP contribution is -2.28. The van der Waals surface area contributed by atoms with Gasteiger partial charge < -0.3 is 10.6 Å². The molecule has 0 bridgehead atoms. The number of nitrogens with one attached hydrogen (secondary N) is 2. The summed E-state index contributed by atoms with van der Waals surface area (Å²) < 4.78 is 0. The van der Waals surface area contributed by atoms with Gasteiger partial charge >= 0.3 is 0 Å². The zero-order chi connectivity index (χ0) is 18.6. The molecule has 1 atom stereocenters. The SMILES string of the molecule is CC(NC(=O)c1cccc(NC(=O)C(C)(C)C)c1)c1ccccc1Cl. The van der Waals surface area contributed by atoms with Crippen LogP contribution in [0.5, 0.6) is 0 Å². The summed E-state index contributed by atoms with van der Waals surface area (Å²) in [5.74, 6) is -0.325. The first-order valence-corrected chi connectivity index (χ1v) is 8.53. The summed E-state index contributed by atoms with van der Waals surface area (Å²) in [5, 5.41) is 6.37. The second-order valence-corrected chi connectivity index (χ2v) is 7.41. The quantitative estimate of drug-likeness (QED) is 0.823. The summed E-state index contributed by atoms with van der Waals surface area (Å²) in [6.45, 7) is 7.39. The molecule has 0 aliphatic carbocycles. The Morgan fingerprint density at radius 2 is 1.72 bits per heavy atom. The third kappa shape index (κ3) is 5.07. The van der Waals surface area contributed by atoms with Gasteiger partial charge in [-0.3, -0.25) is 9.59 Å². The topological polar surface area (TPSA) is 58.2 Å². The van der Waals surface area contributed by atoms with E-state index >= 15 is 0 Å². The van der Waals surface area contributed by atoms with Gasteiger partial charge in [-0.2, -0.15) is 0 Å². The van der Waals surface area contributed by atoms with E-state index in [1.165, 1.54) is 0 Å². The van der Waals surface area contributed by atoms with Crippen LogP contribution in [0.3, 0.4) is 0 Å². The standard InChI is InChI=1S/C20H23ClN2O2/c1-13(16-10-5-6-11-17(16)21)22-18(24)14-8-7-9-15(12-14)23-19(25)20(2,3)4/h5-13H,1-4H3,(H,22,24)(H,23,25). The molecule has 0 saturated heterocycles. The molecule has 0 saturated carbocycles. The Hall–Kier alpha value is -2.33. The molecule has 0 aliphatic heterocycles. The fourth-order valence-electron chi connectivity index (χ4n) is 2.24. The Labute approximate surface area is 153 Å². The van der Waals surface area contributed by atoms with Crippen molar-refractivity contribution in [2.24, 2.45) is 5.41 Å². The molecule has 0 aliphatic rings. The Kier molecular flexibility index (Phi) is 5.85. The summed E-state index contributed by atoms with van der Waals surface area (Å²) in [7, 11) is 0. The summed E-state index contributed by atoms with van der Waals surface area (Å²) in [6, 6.07) is 14.1. The molecule has 132 valence electrons. The van der Waals surface area contributed by atoms with Crippen molar-refractivity contribution in [2.45, 2.75) is 33.7 Å². The molecular weight excluding hydrogens is 336 g/mol. The third-order valence-corrected chi connectivity index (χ3v) is 4.13. The number of anilines is 1. The molecule has 2 aromatic rings. The monoisotopic (exact) mass is 358 g/mol. The minimum absolute atomic E-state index is 0.102. The molecule has 25 heavy (non-hydrogen) atoms. The van der Waals surface area contributed by atoms with E-state index < -0.39 is 5.41 Å². The number of halogens is 1. The van der Waals surface area contributed by atoms with E-state index in [9.17, 15) is 9.59 Å². The molecule has 1 unspecified atom stereocenters. The van der Waals surface area contributed by atoms with Crippen molar-refractivity contribution in [3.63, 3.8) is 0 Å². The molecule has 0 heterocycles. The molecule has 2 amide bonds. The first-order chi connectivity index (χ1) is 11.7. The smallest absolute Gasteiger partial charge is 0.251 e. The summed E-state index contributed by atoms with van der Waals surface area (Å²) >= 11 is 6.17. The lowest BCUT2D eigenvalue weighted by molar-refractivity contribution is -0.123. The van der Waals surface area contributed by atoms with Crippen molar-refractivity contribution in [1.29, 1.82) is 0 Å². The third-order valence-electron chi connectivity index (χ3n) is 3.78. The zero-order valence-corrected chi connectivity index (χ0v) is 15.6. The van der Waals surface area contributed by atoms with Crippen LogP contribution >= 0.6 is 11.6 Å². The second kappa shape index (κ2) is 7.70. The molecule has 0 aromatic heterocycles. The highest BCUT2D eigenvalue weighted by Crippen LogP contribution is 2.23. The number of amides is 2. The number of hydrogen-bond acceptors (Lipinski definition) is 2. The van der Waals surface area contributed by atoms with E-state index in [-0.39, 0.29) is 17.9 Å². The van der Waals surface area contributed by atoms with Gasteiger partial charge in [0.2, 0.25) is 5.91 Å². The predicted octanol–water partition coefficient (Wildman–Crippen LogP) is 4.82. The van der Waals surface area contributed by atoms with Gasteiger partial charge in [0, 0.05) is 21.7 Å². The maximum Gasteiger partial charge on any atom is 0.251 e. The highest BCUT2D eigenvalue weighted by atomic mass is 35.5. The lowest BCUT2D eigenvalue weighted by Gasteiger charge is -2.18. The van der Waals surface area contributed by atoms with E-state index in [2.05, 4.69) is 10.6 Å². The second-order valence-electron chi connectivity index (χ2n) is 7.00. The van der Waals surface area contributed by atoms with Gasteiger partial charge in [0.1, 0.15) is 0 Å². The van der Waals surface area contributed by atoms with Crippen LogP contribution in [0.15, 0.2) is 48.5 Å². The molecular formula is C20H23ClN2O2. The molecule has 0 radical (unpaired) electrons. The minimum Gasteiger partial charge on any atom is -0.345 e. The number of carbonyl (C=O) groups is 2. The van der Waals surface area contributed by atoms with Crippen molar-refractivity contribution in [3.05, 3.63) is 64.7 Å². The minimum atomic E-state index is -0.503. The number of benzene rings is 2. The van der Waals surface area contributed by atoms with Crippen LogP contribution in [0.4, 0.5) is 5.69 Å². The Morgan fingerprint density at radius 1 is 1.04 bits per heavy atom. The first-order valence-electron chi connectivity index (χ1n) is 8.15. The summed E-state index contributed by atoms with van der Waals surface area (Å²) in [4.78, 5) is 24.6. The Balaban J connectivity index is 2.11. The van der Waals surface area contributed by atoms with Crippen LogP contribution in [-0.2, 0) is 4.79 Å². The molecule has 2 rings (SSSR count). The van der Waals surface area contributed by atoms with E-state index in [0.717, 1.165) is 5.56 Å². The molecule has 2 N–H and O–H groups in total. The molecule has 0 spiro atoms. The highest BCUT2D eigenvalue weighted by molar-refractivity contribution is 6.31. The average Bonchev–Trinajstić information content (AvgIpc) is 2.54. The largest absolute Gasteiger partial charge is 0.345 e. The molecule has 0 fully saturated rings. The number of rotatable bonds is 4. The predicted molar refractivity (Wildman–Crippen MR) is 102 cm³/mol. The maximum absolute atomic E-state index is 12.5. The zero-order valence-electron chi connectivity index (χ0n) is 14.9. The Bertz CT molecular complexity index is 781. The van der Waals surface area contributed by atoms with Crippen LogP contribution in [0.25, 0.3) is 0 Å². The molecule has 5 heteroatoms. The average molecular weight is 359 g/mol. The molecule has 4 nitrogen and oxygen atoms in total. The highest BCUT2D eigenvalue weighted by Gasteiger charge is 2.21. The summed E-state index contributed by atoms with van der Waals surface area (Å²) in [5.41, 5.74) is 1.43. The molecule has 2 aromatic carbocycles. The summed E-state index contributed by atoms with van der Waals surface area (Å²) in [6.07, 6.45) is 0. The van der Waals surface area contributed by atoms with Crippen molar-refractivity contribution in [3.8, 4) is 0 Å². The van der Waals surface area contributed by atoms with Gasteiger partial charge in [0.15, 0.2) is 0 Å². The van der Waals surface area contributed by atoms with E-state index in [1.807, 2.05) is 45.9 Å².